The molecule has 0 saturated heterocycles. The first kappa shape index (κ1) is 19.6. The molecule has 0 spiro atoms. The van der Waals surface area contributed by atoms with Crippen LogP contribution in [0.3, 0.4) is 0 Å². The quantitative estimate of drug-likeness (QED) is 0.303. The minimum atomic E-state index is 0. The molecule has 2 aromatic carbocycles. The van der Waals surface area contributed by atoms with Crippen molar-refractivity contribution in [2.24, 2.45) is 0 Å². The summed E-state index contributed by atoms with van der Waals surface area (Å²) in [6.45, 7) is 2.29. The SMILES string of the molecule is CC1(c2[c-]c(-c3ccccn3)ccc2)C[C-]1c1[c-]c(-c2ccccn2)ccc1.[Pt]. The fraction of sp³-hybridized carbons (Fsp3) is 0.115. The van der Waals surface area contributed by atoms with Gasteiger partial charge in [-0.3, -0.25) is 17.0 Å². The van der Waals surface area contributed by atoms with Crippen LogP contribution in [0.15, 0.2) is 85.2 Å². The molecule has 1 atom stereocenters. The smallest absolute Gasteiger partial charge is 0.0457 e. The Hall–Kier alpha value is -2.70. The molecule has 1 fully saturated rings. The van der Waals surface area contributed by atoms with Gasteiger partial charge in [0.25, 0.3) is 0 Å². The summed E-state index contributed by atoms with van der Waals surface area (Å²) in [5.41, 5.74) is 6.37. The zero-order chi connectivity index (χ0) is 19.0. The summed E-state index contributed by atoms with van der Waals surface area (Å²) < 4.78 is 0. The van der Waals surface area contributed by atoms with Gasteiger partial charge in [0, 0.05) is 39.2 Å². The summed E-state index contributed by atoms with van der Waals surface area (Å²) in [5.74, 6) is 1.40. The Morgan fingerprint density at radius 2 is 1.38 bits per heavy atom. The van der Waals surface area contributed by atoms with Gasteiger partial charge in [-0.2, -0.15) is 6.07 Å². The van der Waals surface area contributed by atoms with Crippen LogP contribution in [0, 0.1) is 18.1 Å². The minimum absolute atomic E-state index is 0. The predicted octanol–water partition coefficient (Wildman–Crippen LogP) is 5.69. The molecule has 1 saturated carbocycles. The fourth-order valence-corrected chi connectivity index (χ4v) is 3.74. The zero-order valence-electron chi connectivity index (χ0n) is 16.0. The van der Waals surface area contributed by atoms with Crippen molar-refractivity contribution in [1.82, 2.24) is 9.97 Å². The van der Waals surface area contributed by atoms with E-state index < -0.39 is 0 Å². The van der Waals surface area contributed by atoms with Crippen LogP contribution in [-0.2, 0) is 26.5 Å². The largest absolute Gasteiger partial charge is 0.366 e. The average Bonchev–Trinajstić information content (AvgIpc) is 3.48. The van der Waals surface area contributed by atoms with Gasteiger partial charge >= 0.3 is 0 Å². The van der Waals surface area contributed by atoms with E-state index in [1.165, 1.54) is 17.0 Å². The molecule has 2 aromatic heterocycles. The van der Waals surface area contributed by atoms with E-state index in [4.69, 9.17) is 0 Å². The molecule has 4 aromatic rings. The first-order valence-corrected chi connectivity index (χ1v) is 9.49. The number of aromatic nitrogens is 2. The van der Waals surface area contributed by atoms with Crippen molar-refractivity contribution in [3.05, 3.63) is 114 Å². The van der Waals surface area contributed by atoms with Gasteiger partial charge in [-0.1, -0.05) is 25.1 Å². The van der Waals surface area contributed by atoms with E-state index in [0.29, 0.717) is 0 Å². The molecule has 1 aliphatic rings. The molecular weight excluding hydrogens is 535 g/mol. The standard InChI is InChI=1S/C26H19N2.Pt/c1-26(22-11-7-10-21(17-22)25-13-3-5-15-28-25)18-23(26)19-8-6-9-20(16-19)24-12-2-4-14-27-24;/h2-15H,18H2,1H3;/q-3;. The van der Waals surface area contributed by atoms with Gasteiger partial charge in [0.05, 0.1) is 0 Å². The summed E-state index contributed by atoms with van der Waals surface area (Å²) in [6.07, 6.45) is 4.67. The molecule has 1 unspecified atom stereocenters. The van der Waals surface area contributed by atoms with E-state index in [0.717, 1.165) is 28.9 Å². The Kier molecular flexibility index (Phi) is 5.39. The van der Waals surface area contributed by atoms with Crippen LogP contribution in [0.5, 0.6) is 0 Å². The van der Waals surface area contributed by atoms with Crippen LogP contribution in [0.1, 0.15) is 24.5 Å². The predicted molar refractivity (Wildman–Crippen MR) is 111 cm³/mol. The summed E-state index contributed by atoms with van der Waals surface area (Å²) in [7, 11) is 0. The summed E-state index contributed by atoms with van der Waals surface area (Å²) >= 11 is 0. The van der Waals surface area contributed by atoms with Crippen LogP contribution >= 0.6 is 0 Å². The molecule has 0 amide bonds. The zero-order valence-corrected chi connectivity index (χ0v) is 18.3. The summed E-state index contributed by atoms with van der Waals surface area (Å²) in [4.78, 5) is 8.92. The molecule has 29 heavy (non-hydrogen) atoms. The minimum Gasteiger partial charge on any atom is -0.366 e. The van der Waals surface area contributed by atoms with Crippen molar-refractivity contribution in [2.45, 2.75) is 18.8 Å². The van der Waals surface area contributed by atoms with E-state index >= 15 is 0 Å². The molecule has 0 N–H and O–H groups in total. The molecule has 146 valence electrons. The van der Waals surface area contributed by atoms with Gasteiger partial charge in [0.15, 0.2) is 0 Å². The third kappa shape index (κ3) is 3.78. The molecule has 5 rings (SSSR count). The first-order chi connectivity index (χ1) is 13.7. The van der Waals surface area contributed by atoms with E-state index in [-0.39, 0.29) is 26.5 Å². The number of benzene rings is 2. The maximum atomic E-state index is 4.46. The molecule has 2 nitrogen and oxygen atoms in total. The Labute approximate surface area is 186 Å². The third-order valence-corrected chi connectivity index (χ3v) is 5.46. The second kappa shape index (κ2) is 7.97. The first-order valence-electron chi connectivity index (χ1n) is 9.49. The maximum Gasteiger partial charge on any atom is 0.0457 e. The monoisotopic (exact) mass is 554 g/mol. The number of hydrogen-bond donors (Lipinski definition) is 0. The average molecular weight is 555 g/mol. The molecule has 1 aliphatic carbocycles. The number of nitrogens with zero attached hydrogens (tertiary/aromatic N) is 2. The second-order valence-electron chi connectivity index (χ2n) is 7.37. The number of pyridine rings is 2. The van der Waals surface area contributed by atoms with Crippen molar-refractivity contribution in [1.29, 1.82) is 0 Å². The summed E-state index contributed by atoms with van der Waals surface area (Å²) in [5, 5.41) is 0. The van der Waals surface area contributed by atoms with Gasteiger partial charge in [-0.05, 0) is 23.9 Å². The number of rotatable bonds is 4. The Morgan fingerprint density at radius 3 is 2.00 bits per heavy atom. The molecule has 0 radical (unpaired) electrons. The van der Waals surface area contributed by atoms with Gasteiger partial charge in [0.2, 0.25) is 0 Å². The molecule has 2 heterocycles. The summed E-state index contributed by atoms with van der Waals surface area (Å²) in [6, 6.07) is 31.8. The van der Waals surface area contributed by atoms with Crippen LogP contribution in [0.2, 0.25) is 0 Å². The van der Waals surface area contributed by atoms with Crippen LogP contribution in [0.25, 0.3) is 22.5 Å². The van der Waals surface area contributed by atoms with Crippen LogP contribution in [-0.4, -0.2) is 9.97 Å². The Bertz CT molecular complexity index is 1110. The Balaban J connectivity index is 0.00000205. The molecular formula is C26H19N2Pt-3. The van der Waals surface area contributed by atoms with Gasteiger partial charge in [0.1, 0.15) is 0 Å². The third-order valence-electron chi connectivity index (χ3n) is 5.46. The fourth-order valence-electron chi connectivity index (χ4n) is 3.74. The van der Waals surface area contributed by atoms with Crippen LogP contribution in [0.4, 0.5) is 0 Å². The molecule has 0 bridgehead atoms. The van der Waals surface area contributed by atoms with Crippen molar-refractivity contribution in [3.8, 4) is 22.5 Å². The van der Waals surface area contributed by atoms with Gasteiger partial charge < -0.3 is 16.6 Å². The maximum absolute atomic E-state index is 4.46. The topological polar surface area (TPSA) is 25.8 Å². The molecule has 3 heteroatoms. The van der Waals surface area contributed by atoms with Crippen molar-refractivity contribution in [2.75, 3.05) is 0 Å². The van der Waals surface area contributed by atoms with E-state index in [1.807, 2.05) is 48.8 Å². The van der Waals surface area contributed by atoms with Gasteiger partial charge in [-0.15, -0.1) is 58.9 Å². The molecule has 0 aliphatic heterocycles. The van der Waals surface area contributed by atoms with Crippen molar-refractivity contribution in [3.63, 3.8) is 0 Å². The van der Waals surface area contributed by atoms with Gasteiger partial charge in [-0.25, -0.2) is 0 Å². The van der Waals surface area contributed by atoms with Crippen LogP contribution < -0.4 is 0 Å². The van der Waals surface area contributed by atoms with Crippen molar-refractivity contribution >= 4 is 0 Å². The second-order valence-corrected chi connectivity index (χ2v) is 7.37. The number of hydrogen-bond acceptors (Lipinski definition) is 2. The van der Waals surface area contributed by atoms with E-state index in [1.54, 1.807) is 0 Å². The van der Waals surface area contributed by atoms with Crippen molar-refractivity contribution < 1.29 is 21.1 Å². The Morgan fingerprint density at radius 1 is 0.759 bits per heavy atom. The van der Waals surface area contributed by atoms with E-state index in [9.17, 15) is 0 Å². The van der Waals surface area contributed by atoms with E-state index in [2.05, 4.69) is 65.4 Å². The normalized spacial score (nSPS) is 17.5.